The normalized spacial score (nSPS) is 10.1. The Hall–Kier alpha value is -3.40. The van der Waals surface area contributed by atoms with Crippen molar-refractivity contribution < 1.29 is 28.7 Å². The van der Waals surface area contributed by atoms with Crippen LogP contribution in [0.4, 0.5) is 11.4 Å². The Kier molecular flexibility index (Phi) is 7.10. The van der Waals surface area contributed by atoms with Crippen LogP contribution in [-0.2, 0) is 9.53 Å². The molecule has 10 nitrogen and oxygen atoms in total. The van der Waals surface area contributed by atoms with Gasteiger partial charge in [-0.25, -0.2) is 9.78 Å². The zero-order valence-corrected chi connectivity index (χ0v) is 15.7. The van der Waals surface area contributed by atoms with Crippen molar-refractivity contribution in [1.29, 1.82) is 0 Å². The van der Waals surface area contributed by atoms with E-state index in [1.165, 1.54) is 19.4 Å². The highest BCUT2D eigenvalue weighted by Crippen LogP contribution is 2.35. The molecule has 1 amide bonds. The number of esters is 1. The van der Waals surface area contributed by atoms with Gasteiger partial charge in [0.15, 0.2) is 23.3 Å². The van der Waals surface area contributed by atoms with Gasteiger partial charge in [0.1, 0.15) is 5.56 Å². The van der Waals surface area contributed by atoms with E-state index in [4.69, 9.17) is 25.8 Å². The van der Waals surface area contributed by atoms with Crippen LogP contribution in [0.5, 0.6) is 11.5 Å². The van der Waals surface area contributed by atoms with Gasteiger partial charge in [0, 0.05) is 12.3 Å². The number of ether oxygens (including phenoxy) is 3. The van der Waals surface area contributed by atoms with Crippen LogP contribution in [0.1, 0.15) is 17.3 Å². The third kappa shape index (κ3) is 5.07. The molecule has 1 N–H and O–H groups in total. The van der Waals surface area contributed by atoms with E-state index < -0.39 is 29.1 Å². The monoisotopic (exact) mass is 409 g/mol. The molecule has 0 bridgehead atoms. The number of pyridine rings is 1. The molecule has 0 atom stereocenters. The van der Waals surface area contributed by atoms with Crippen molar-refractivity contribution >= 4 is 34.9 Å². The Balaban J connectivity index is 2.15. The first-order valence-electron chi connectivity index (χ1n) is 7.94. The van der Waals surface area contributed by atoms with Gasteiger partial charge < -0.3 is 19.5 Å². The topological polar surface area (TPSA) is 130 Å². The van der Waals surface area contributed by atoms with Gasteiger partial charge in [-0.2, -0.15) is 0 Å². The van der Waals surface area contributed by atoms with E-state index in [9.17, 15) is 19.7 Å². The minimum absolute atomic E-state index is 0.0639. The quantitative estimate of drug-likeness (QED) is 0.305. The molecular formula is C17H16ClN3O7. The smallest absolute Gasteiger partial charge is 0.345 e. The molecule has 0 unspecified atom stereocenters. The van der Waals surface area contributed by atoms with Crippen molar-refractivity contribution in [2.45, 2.75) is 6.92 Å². The summed E-state index contributed by atoms with van der Waals surface area (Å²) < 4.78 is 15.2. The van der Waals surface area contributed by atoms with E-state index in [-0.39, 0.29) is 34.5 Å². The first kappa shape index (κ1) is 20.9. The minimum Gasteiger partial charge on any atom is -0.493 e. The highest BCUT2D eigenvalue weighted by Gasteiger charge is 2.26. The highest BCUT2D eigenvalue weighted by atomic mass is 35.5. The highest BCUT2D eigenvalue weighted by molar-refractivity contribution is 6.32. The number of rotatable bonds is 8. The molecule has 148 valence electrons. The number of anilines is 1. The molecule has 0 aliphatic carbocycles. The summed E-state index contributed by atoms with van der Waals surface area (Å²) in [7, 11) is 1.32. The molecule has 2 rings (SSSR count). The summed E-state index contributed by atoms with van der Waals surface area (Å²) in [6.07, 6.45) is 1.44. The van der Waals surface area contributed by atoms with Crippen LogP contribution in [0, 0.1) is 10.1 Å². The van der Waals surface area contributed by atoms with E-state index in [0.29, 0.717) is 0 Å². The number of nitrogens with zero attached hydrogens (tertiary/aromatic N) is 2. The van der Waals surface area contributed by atoms with Gasteiger partial charge in [0.2, 0.25) is 0 Å². The lowest BCUT2D eigenvalue weighted by Gasteiger charge is -2.12. The molecule has 0 saturated heterocycles. The zero-order chi connectivity index (χ0) is 20.7. The molecule has 2 aromatic rings. The predicted molar refractivity (Wildman–Crippen MR) is 99.0 cm³/mol. The number of carbonyl (C=O) groups excluding carboxylic acids is 2. The van der Waals surface area contributed by atoms with Gasteiger partial charge in [-0.05, 0) is 19.1 Å². The lowest BCUT2D eigenvalue weighted by Crippen LogP contribution is -2.21. The Morgan fingerprint density at radius 2 is 2.07 bits per heavy atom. The Morgan fingerprint density at radius 3 is 2.68 bits per heavy atom. The standard InChI is InChI=1S/C17H16ClN3O7/c1-3-27-14-8-12(21(24)25)10(7-13(14)26-2)17(23)28-9-15(22)20-11-5-4-6-19-16(11)18/h4-8H,3,9H2,1-2H3,(H,20,22). The summed E-state index contributed by atoms with van der Waals surface area (Å²) in [5.74, 6) is -1.53. The average molecular weight is 410 g/mol. The molecule has 0 aliphatic rings. The van der Waals surface area contributed by atoms with Crippen LogP contribution in [0.2, 0.25) is 5.15 Å². The molecule has 0 aliphatic heterocycles. The number of nitrogens with one attached hydrogen (secondary N) is 1. The number of hydrogen-bond acceptors (Lipinski definition) is 8. The fourth-order valence-corrected chi connectivity index (χ4v) is 2.33. The van der Waals surface area contributed by atoms with Crippen molar-refractivity contribution in [3.63, 3.8) is 0 Å². The van der Waals surface area contributed by atoms with Crippen molar-refractivity contribution in [3.05, 3.63) is 51.3 Å². The van der Waals surface area contributed by atoms with Crippen molar-refractivity contribution in [2.75, 3.05) is 25.6 Å². The van der Waals surface area contributed by atoms with E-state index in [1.807, 2.05) is 0 Å². The van der Waals surface area contributed by atoms with Gasteiger partial charge in [-0.1, -0.05) is 11.6 Å². The van der Waals surface area contributed by atoms with Crippen LogP contribution < -0.4 is 14.8 Å². The van der Waals surface area contributed by atoms with Crippen LogP contribution in [0.15, 0.2) is 30.5 Å². The lowest BCUT2D eigenvalue weighted by molar-refractivity contribution is -0.385. The number of amides is 1. The Labute approximate surface area is 164 Å². The lowest BCUT2D eigenvalue weighted by atomic mass is 10.1. The Morgan fingerprint density at radius 1 is 1.32 bits per heavy atom. The number of benzene rings is 1. The molecule has 1 aromatic carbocycles. The van der Waals surface area contributed by atoms with E-state index >= 15 is 0 Å². The number of nitro benzene ring substituents is 1. The molecule has 0 saturated carbocycles. The summed E-state index contributed by atoms with van der Waals surface area (Å²) in [4.78, 5) is 38.6. The van der Waals surface area contributed by atoms with Crippen LogP contribution in [0.3, 0.4) is 0 Å². The molecule has 0 radical (unpaired) electrons. The molecule has 1 heterocycles. The first-order valence-corrected chi connectivity index (χ1v) is 8.31. The number of methoxy groups -OCH3 is 1. The summed E-state index contributed by atoms with van der Waals surface area (Å²) >= 11 is 5.82. The molecule has 11 heteroatoms. The second-order valence-corrected chi connectivity index (χ2v) is 5.53. The first-order chi connectivity index (χ1) is 13.4. The molecular weight excluding hydrogens is 394 g/mol. The number of aromatic nitrogens is 1. The van der Waals surface area contributed by atoms with Crippen LogP contribution in [0.25, 0.3) is 0 Å². The van der Waals surface area contributed by atoms with Crippen LogP contribution >= 0.6 is 11.6 Å². The summed E-state index contributed by atoms with van der Waals surface area (Å²) in [5, 5.41) is 13.8. The molecule has 0 spiro atoms. The van der Waals surface area contributed by atoms with Gasteiger partial charge in [0.25, 0.3) is 11.6 Å². The number of hydrogen-bond donors (Lipinski definition) is 1. The van der Waals surface area contributed by atoms with E-state index in [1.54, 1.807) is 13.0 Å². The van der Waals surface area contributed by atoms with Gasteiger partial charge in [-0.3, -0.25) is 14.9 Å². The zero-order valence-electron chi connectivity index (χ0n) is 14.9. The fourth-order valence-electron chi connectivity index (χ4n) is 2.17. The third-order valence-corrected chi connectivity index (χ3v) is 3.67. The minimum atomic E-state index is -1.07. The van der Waals surface area contributed by atoms with Gasteiger partial charge >= 0.3 is 5.97 Å². The second kappa shape index (κ2) is 9.51. The van der Waals surface area contributed by atoms with Crippen molar-refractivity contribution in [2.24, 2.45) is 0 Å². The average Bonchev–Trinajstić information content (AvgIpc) is 2.67. The SMILES string of the molecule is CCOc1cc([N+](=O)[O-])c(C(=O)OCC(=O)Nc2cccnc2Cl)cc1OC. The van der Waals surface area contributed by atoms with E-state index in [0.717, 1.165) is 12.1 Å². The van der Waals surface area contributed by atoms with Crippen molar-refractivity contribution in [3.8, 4) is 11.5 Å². The number of nitro groups is 1. The number of halogens is 1. The maximum Gasteiger partial charge on any atom is 0.345 e. The maximum atomic E-state index is 12.3. The largest absolute Gasteiger partial charge is 0.493 e. The second-order valence-electron chi connectivity index (χ2n) is 5.18. The molecule has 28 heavy (non-hydrogen) atoms. The molecule has 1 aromatic heterocycles. The van der Waals surface area contributed by atoms with E-state index in [2.05, 4.69) is 10.3 Å². The van der Waals surface area contributed by atoms with Gasteiger partial charge in [-0.15, -0.1) is 0 Å². The van der Waals surface area contributed by atoms with Crippen LogP contribution in [-0.4, -0.2) is 42.1 Å². The summed E-state index contributed by atoms with van der Waals surface area (Å²) in [5.41, 5.74) is -0.679. The van der Waals surface area contributed by atoms with Crippen molar-refractivity contribution in [1.82, 2.24) is 4.98 Å². The number of carbonyl (C=O) groups is 2. The summed E-state index contributed by atoms with van der Waals surface area (Å²) in [6.45, 7) is 1.26. The Bertz CT molecular complexity index is 904. The summed E-state index contributed by atoms with van der Waals surface area (Å²) in [6, 6.07) is 5.26. The van der Waals surface area contributed by atoms with Gasteiger partial charge in [0.05, 0.1) is 30.4 Å². The maximum absolute atomic E-state index is 12.3. The molecule has 0 fully saturated rings. The predicted octanol–water partition coefficient (Wildman–Crippen LogP) is 2.85. The third-order valence-electron chi connectivity index (χ3n) is 3.37. The fraction of sp³-hybridized carbons (Fsp3) is 0.235.